The number of carboxylic acids is 2. The van der Waals surface area contributed by atoms with Gasteiger partial charge in [-0.3, -0.25) is 0 Å². The smallest absolute Gasteiger partial charge is 0.335 e. The Morgan fingerprint density at radius 2 is 0.795 bits per heavy atom. The lowest BCUT2D eigenvalue weighted by molar-refractivity contribution is -0.165. The van der Waals surface area contributed by atoms with Crippen LogP contribution in [0.1, 0.15) is 55.4 Å². The second kappa shape index (κ2) is 25.5. The molecule has 0 saturated heterocycles. The number of carboxylic acid groups (broad SMARTS) is 2. The molecule has 0 aliphatic carbocycles. The summed E-state index contributed by atoms with van der Waals surface area (Å²) >= 11 is 0. The zero-order valence-electron chi connectivity index (χ0n) is 24.4. The normalized spacial score (nSPS) is 17.3. The van der Waals surface area contributed by atoms with Gasteiger partial charge in [-0.15, -0.1) is 0 Å². The van der Waals surface area contributed by atoms with Crippen molar-refractivity contribution in [3.63, 3.8) is 0 Å². The average Bonchev–Trinajstić information content (AvgIpc) is 2.86. The molecule has 0 aromatic heterocycles. The van der Waals surface area contributed by atoms with E-state index in [1.54, 1.807) is 20.8 Å². The van der Waals surface area contributed by atoms with Gasteiger partial charge in [0.05, 0.1) is 82.4 Å². The van der Waals surface area contributed by atoms with Crippen LogP contribution in [0.4, 0.5) is 0 Å². The largest absolute Gasteiger partial charge is 0.479 e. The zero-order valence-corrected chi connectivity index (χ0v) is 24.4. The number of aliphatic hydroxyl groups excluding tert-OH is 5. The third-order valence-corrected chi connectivity index (χ3v) is 4.20. The molecular formula is C25H52O14. The monoisotopic (exact) mass is 576 g/mol. The van der Waals surface area contributed by atoms with E-state index in [0.717, 1.165) is 0 Å². The lowest BCUT2D eigenvalue weighted by Crippen LogP contribution is -2.39. The fraction of sp³-hybridized carbons (Fsp3) is 0.920. The van der Waals surface area contributed by atoms with Crippen molar-refractivity contribution < 1.29 is 69.0 Å². The topological polar surface area (TPSA) is 222 Å². The van der Waals surface area contributed by atoms with Crippen LogP contribution in [-0.2, 0) is 33.3 Å². The average molecular weight is 577 g/mol. The first-order valence-electron chi connectivity index (χ1n) is 12.8. The SMILES string of the molecule is CC(O)COC(C)COC(C)CO.CC(O)COC(C)COC(C)COC(C)C.O=C(O)C(O)C(O)C(=O)O. The van der Waals surface area contributed by atoms with Gasteiger partial charge in [-0.1, -0.05) is 0 Å². The van der Waals surface area contributed by atoms with Gasteiger partial charge in [-0.25, -0.2) is 9.59 Å². The molecule has 0 heterocycles. The van der Waals surface area contributed by atoms with Crippen LogP contribution < -0.4 is 0 Å². The van der Waals surface area contributed by atoms with E-state index in [1.165, 1.54) is 0 Å². The molecule has 14 heteroatoms. The van der Waals surface area contributed by atoms with E-state index in [4.69, 9.17) is 59.4 Å². The van der Waals surface area contributed by atoms with Crippen LogP contribution in [-0.4, -0.2) is 142 Å². The van der Waals surface area contributed by atoms with Crippen LogP contribution in [0.2, 0.25) is 0 Å². The van der Waals surface area contributed by atoms with E-state index in [1.807, 2.05) is 34.6 Å². The van der Waals surface area contributed by atoms with Crippen LogP contribution in [0.15, 0.2) is 0 Å². The molecule has 236 valence electrons. The van der Waals surface area contributed by atoms with Gasteiger partial charge in [0, 0.05) is 0 Å². The molecule has 0 spiro atoms. The second-order valence-corrected chi connectivity index (χ2v) is 9.40. The maximum atomic E-state index is 9.77. The maximum Gasteiger partial charge on any atom is 0.335 e. The molecule has 8 atom stereocenters. The lowest BCUT2D eigenvalue weighted by atomic mass is 10.2. The van der Waals surface area contributed by atoms with Crippen molar-refractivity contribution >= 4 is 11.9 Å². The molecule has 0 bridgehead atoms. The predicted octanol–water partition coefficient (Wildman–Crippen LogP) is -0.350. The molecular weight excluding hydrogens is 524 g/mol. The van der Waals surface area contributed by atoms with E-state index in [9.17, 15) is 9.59 Å². The Kier molecular flexibility index (Phi) is 27.5. The molecule has 0 aliphatic rings. The predicted molar refractivity (Wildman–Crippen MR) is 140 cm³/mol. The Bertz CT molecular complexity index is 551. The van der Waals surface area contributed by atoms with Gasteiger partial charge in [-0.2, -0.15) is 0 Å². The van der Waals surface area contributed by atoms with Gasteiger partial charge in [-0.05, 0) is 55.4 Å². The third-order valence-electron chi connectivity index (χ3n) is 4.20. The minimum Gasteiger partial charge on any atom is -0.479 e. The van der Waals surface area contributed by atoms with Crippen molar-refractivity contribution in [1.82, 2.24) is 0 Å². The number of aliphatic hydroxyl groups is 5. The summed E-state index contributed by atoms with van der Waals surface area (Å²) in [4.78, 5) is 19.5. The molecule has 0 aromatic carbocycles. The van der Waals surface area contributed by atoms with Gasteiger partial charge in [0.25, 0.3) is 0 Å². The number of ether oxygens (including phenoxy) is 5. The van der Waals surface area contributed by atoms with Crippen LogP contribution in [0.3, 0.4) is 0 Å². The van der Waals surface area contributed by atoms with Gasteiger partial charge >= 0.3 is 11.9 Å². The summed E-state index contributed by atoms with van der Waals surface area (Å²) in [7, 11) is 0. The van der Waals surface area contributed by atoms with Gasteiger partial charge in [0.15, 0.2) is 12.2 Å². The van der Waals surface area contributed by atoms with E-state index in [2.05, 4.69) is 0 Å². The third kappa shape index (κ3) is 30.9. The first-order valence-corrected chi connectivity index (χ1v) is 12.8. The first-order chi connectivity index (χ1) is 17.9. The highest BCUT2D eigenvalue weighted by Gasteiger charge is 2.29. The number of hydrogen-bond donors (Lipinski definition) is 7. The minimum atomic E-state index is -2.27. The summed E-state index contributed by atoms with van der Waals surface area (Å²) in [6.07, 6.45) is -5.32. The van der Waals surface area contributed by atoms with Crippen molar-refractivity contribution in [2.24, 2.45) is 0 Å². The molecule has 0 aliphatic heterocycles. The fourth-order valence-electron chi connectivity index (χ4n) is 2.00. The van der Waals surface area contributed by atoms with E-state index in [0.29, 0.717) is 33.0 Å². The second-order valence-electron chi connectivity index (χ2n) is 9.40. The Labute approximate surface area is 231 Å². The summed E-state index contributed by atoms with van der Waals surface area (Å²) in [6.45, 7) is 17.2. The standard InChI is InChI=1S/C12H26O4.C9H20O4.C4H6O6/c1-9(2)14-7-11(4)16-8-12(5)15-6-10(3)13;1-7(11)5-12-9(3)6-13-8(2)4-10;5-1(3(7)8)2(6)4(9)10/h9-13H,6-8H2,1-5H3;7-11H,4-6H2,1-3H3;1-2,5-6H,(H,7,8)(H,9,10). The summed E-state index contributed by atoms with van der Waals surface area (Å²) in [5.74, 6) is -3.54. The molecule has 39 heavy (non-hydrogen) atoms. The summed E-state index contributed by atoms with van der Waals surface area (Å²) in [5, 5.41) is 59.1. The summed E-state index contributed by atoms with van der Waals surface area (Å²) < 4.78 is 26.8. The quantitative estimate of drug-likeness (QED) is 0.104. The molecule has 0 radical (unpaired) electrons. The van der Waals surface area contributed by atoms with Crippen LogP contribution >= 0.6 is 0 Å². The Morgan fingerprint density at radius 3 is 1.05 bits per heavy atom. The minimum absolute atomic E-state index is 0.00361. The Balaban J connectivity index is -0.000000513. The van der Waals surface area contributed by atoms with Crippen molar-refractivity contribution in [3.8, 4) is 0 Å². The maximum absolute atomic E-state index is 9.77. The molecule has 0 amide bonds. The Hall–Kier alpha value is -1.46. The highest BCUT2D eigenvalue weighted by Crippen LogP contribution is 2.00. The highest BCUT2D eigenvalue weighted by molar-refractivity contribution is 5.83. The van der Waals surface area contributed by atoms with Gasteiger partial charge in [0.2, 0.25) is 0 Å². The van der Waals surface area contributed by atoms with Crippen molar-refractivity contribution in [1.29, 1.82) is 0 Å². The van der Waals surface area contributed by atoms with Crippen LogP contribution in [0, 0.1) is 0 Å². The number of aliphatic carboxylic acids is 2. The van der Waals surface area contributed by atoms with Crippen LogP contribution in [0.25, 0.3) is 0 Å². The fourth-order valence-corrected chi connectivity index (χ4v) is 2.00. The molecule has 0 saturated carbocycles. The number of hydrogen-bond acceptors (Lipinski definition) is 12. The van der Waals surface area contributed by atoms with Gasteiger partial charge < -0.3 is 59.4 Å². The zero-order chi connectivity index (χ0) is 31.1. The Morgan fingerprint density at radius 1 is 0.513 bits per heavy atom. The van der Waals surface area contributed by atoms with E-state index >= 15 is 0 Å². The van der Waals surface area contributed by atoms with Crippen LogP contribution in [0.5, 0.6) is 0 Å². The molecule has 0 rings (SSSR count). The highest BCUT2D eigenvalue weighted by atomic mass is 16.6. The molecule has 7 N–H and O–H groups in total. The van der Waals surface area contributed by atoms with Crippen molar-refractivity contribution in [2.45, 2.75) is 110 Å². The van der Waals surface area contributed by atoms with Crippen molar-refractivity contribution in [3.05, 3.63) is 0 Å². The molecule has 8 unspecified atom stereocenters. The number of rotatable bonds is 19. The van der Waals surface area contributed by atoms with E-state index < -0.39 is 36.4 Å². The molecule has 14 nitrogen and oxygen atoms in total. The summed E-state index contributed by atoms with van der Waals surface area (Å²) in [5.41, 5.74) is 0. The first kappa shape index (κ1) is 42.0. The van der Waals surface area contributed by atoms with Gasteiger partial charge in [0.1, 0.15) is 0 Å². The summed E-state index contributed by atoms with van der Waals surface area (Å²) in [6, 6.07) is 0. The lowest BCUT2D eigenvalue weighted by Gasteiger charge is -2.19. The molecule has 0 fully saturated rings. The van der Waals surface area contributed by atoms with Crippen molar-refractivity contribution in [2.75, 3.05) is 39.6 Å². The number of carbonyl (C=O) groups is 2. The molecule has 0 aromatic rings. The van der Waals surface area contributed by atoms with E-state index in [-0.39, 0.29) is 37.1 Å².